The van der Waals surface area contributed by atoms with Gasteiger partial charge in [0.05, 0.1) is 16.8 Å². The van der Waals surface area contributed by atoms with Gasteiger partial charge < -0.3 is 4.43 Å². The quantitative estimate of drug-likeness (QED) is 0.306. The second-order valence-corrected chi connectivity index (χ2v) is 13.9. The zero-order valence-electron chi connectivity index (χ0n) is 14.3. The summed E-state index contributed by atoms with van der Waals surface area (Å²) < 4.78 is 7.73. The van der Waals surface area contributed by atoms with E-state index in [1.54, 1.807) is 11.3 Å². The Balaban J connectivity index is 2.93. The third-order valence-corrected chi connectivity index (χ3v) is 10.0. The molecule has 1 rings (SSSR count). The van der Waals surface area contributed by atoms with E-state index in [1.165, 1.54) is 5.57 Å². The van der Waals surface area contributed by atoms with Crippen LogP contribution in [0.2, 0.25) is 18.1 Å². The average Bonchev–Trinajstić information content (AvgIpc) is 2.72. The molecule has 0 spiro atoms. The van der Waals surface area contributed by atoms with Crippen LogP contribution in [0.3, 0.4) is 0 Å². The molecule has 0 fully saturated rings. The van der Waals surface area contributed by atoms with Gasteiger partial charge in [-0.25, -0.2) is 4.98 Å². The van der Waals surface area contributed by atoms with Gasteiger partial charge in [0.25, 0.3) is 0 Å². The maximum absolute atomic E-state index is 6.63. The third-order valence-electron chi connectivity index (χ3n) is 4.13. The van der Waals surface area contributed by atoms with Crippen molar-refractivity contribution in [1.29, 1.82) is 0 Å². The number of rotatable bonds is 6. The summed E-state index contributed by atoms with van der Waals surface area (Å²) in [4.78, 5) is 4.53. The number of nitrogens with zero attached hydrogens (tertiary/aromatic N) is 1. The Kier molecular flexibility index (Phi) is 7.09. The molecule has 1 heterocycles. The van der Waals surface area contributed by atoms with Crippen LogP contribution in [0, 0.1) is 6.92 Å². The molecule has 0 bridgehead atoms. The Hall–Kier alpha value is 0.277. The highest BCUT2D eigenvalue weighted by molar-refractivity contribution is 14.1. The molecule has 0 aromatic carbocycles. The maximum atomic E-state index is 6.63. The first kappa shape index (κ1) is 19.3. The van der Waals surface area contributed by atoms with Crippen LogP contribution >= 0.6 is 33.9 Å². The highest BCUT2D eigenvalue weighted by atomic mass is 127. The van der Waals surface area contributed by atoms with Crippen LogP contribution < -0.4 is 0 Å². The molecule has 0 N–H and O–H groups in total. The average molecular weight is 437 g/mol. The summed E-state index contributed by atoms with van der Waals surface area (Å²) >= 11 is 4.14. The third kappa shape index (κ3) is 5.77. The Morgan fingerprint density at radius 2 is 2.10 bits per heavy atom. The summed E-state index contributed by atoms with van der Waals surface area (Å²) in [7, 11) is -1.74. The first-order valence-corrected chi connectivity index (χ1v) is 12.7. The van der Waals surface area contributed by atoms with E-state index < -0.39 is 8.32 Å². The van der Waals surface area contributed by atoms with E-state index in [9.17, 15) is 0 Å². The van der Waals surface area contributed by atoms with E-state index in [1.807, 2.05) is 6.92 Å². The Morgan fingerprint density at radius 1 is 1.48 bits per heavy atom. The molecule has 0 saturated carbocycles. The number of aromatic nitrogens is 1. The van der Waals surface area contributed by atoms with Crippen molar-refractivity contribution in [2.45, 2.75) is 65.3 Å². The maximum Gasteiger partial charge on any atom is 0.192 e. The predicted octanol–water partition coefficient (Wildman–Crippen LogP) is 6.07. The molecule has 21 heavy (non-hydrogen) atoms. The zero-order chi connectivity index (χ0) is 16.3. The molecule has 0 unspecified atom stereocenters. The monoisotopic (exact) mass is 437 g/mol. The number of hydrogen-bond acceptors (Lipinski definition) is 3. The highest BCUT2D eigenvalue weighted by Crippen LogP contribution is 2.38. The van der Waals surface area contributed by atoms with Crippen LogP contribution in [0.15, 0.2) is 11.0 Å². The first-order chi connectivity index (χ1) is 9.56. The fraction of sp³-hybridized carbons (Fsp3) is 0.688. The molecule has 1 aromatic heterocycles. The topological polar surface area (TPSA) is 22.1 Å². The summed E-state index contributed by atoms with van der Waals surface area (Å²) in [6, 6.07) is 0. The minimum atomic E-state index is -1.74. The SMILES string of the molecule is C/C(=C\c1csc(C)n1)[C@H](CCI)O[Si](C)(C)C(C)(C)C. The van der Waals surface area contributed by atoms with Gasteiger partial charge in [0, 0.05) is 9.81 Å². The van der Waals surface area contributed by atoms with Gasteiger partial charge in [0.1, 0.15) is 0 Å². The molecule has 1 atom stereocenters. The van der Waals surface area contributed by atoms with Crippen LogP contribution in [-0.2, 0) is 4.43 Å². The van der Waals surface area contributed by atoms with Crippen molar-refractivity contribution in [2.24, 2.45) is 0 Å². The normalized spacial score (nSPS) is 15.3. The number of thiazole rings is 1. The predicted molar refractivity (Wildman–Crippen MR) is 106 cm³/mol. The Morgan fingerprint density at radius 3 is 2.52 bits per heavy atom. The molecule has 0 aliphatic heterocycles. The minimum absolute atomic E-state index is 0.213. The van der Waals surface area contributed by atoms with Gasteiger partial charge in [0.2, 0.25) is 0 Å². The molecule has 1 aromatic rings. The standard InChI is InChI=1S/C16H28INOSSi/c1-12(10-14-11-20-13(2)18-14)15(8-9-17)19-21(6,7)16(3,4)5/h10-11,15H,8-9H2,1-7H3/b12-10+/t15-/m0/s1. The van der Waals surface area contributed by atoms with Gasteiger partial charge in [-0.3, -0.25) is 0 Å². The summed E-state index contributed by atoms with van der Waals surface area (Å²) in [6.07, 6.45) is 3.47. The van der Waals surface area contributed by atoms with Crippen molar-refractivity contribution in [2.75, 3.05) is 4.43 Å². The molecule has 0 amide bonds. The molecule has 120 valence electrons. The number of halogens is 1. The van der Waals surface area contributed by atoms with E-state index in [2.05, 4.69) is 79.8 Å². The van der Waals surface area contributed by atoms with Gasteiger partial charge in [0.15, 0.2) is 8.32 Å². The smallest absolute Gasteiger partial charge is 0.192 e. The van der Waals surface area contributed by atoms with E-state index in [0.29, 0.717) is 0 Å². The lowest BCUT2D eigenvalue weighted by Crippen LogP contribution is -2.44. The molecule has 0 aliphatic carbocycles. The van der Waals surface area contributed by atoms with Crippen LogP contribution in [0.5, 0.6) is 0 Å². The lowest BCUT2D eigenvalue weighted by molar-refractivity contribution is 0.212. The van der Waals surface area contributed by atoms with Crippen molar-refractivity contribution in [3.8, 4) is 0 Å². The van der Waals surface area contributed by atoms with Crippen molar-refractivity contribution in [3.63, 3.8) is 0 Å². The van der Waals surface area contributed by atoms with Crippen LogP contribution in [0.1, 0.15) is 44.8 Å². The molecule has 0 radical (unpaired) electrons. The molecule has 0 aliphatic rings. The van der Waals surface area contributed by atoms with Crippen molar-refractivity contribution < 1.29 is 4.43 Å². The van der Waals surface area contributed by atoms with Crippen molar-refractivity contribution >= 4 is 48.3 Å². The van der Waals surface area contributed by atoms with E-state index in [0.717, 1.165) is 21.5 Å². The first-order valence-electron chi connectivity index (χ1n) is 7.41. The van der Waals surface area contributed by atoms with Gasteiger partial charge in [-0.2, -0.15) is 0 Å². The van der Waals surface area contributed by atoms with Crippen molar-refractivity contribution in [3.05, 3.63) is 21.7 Å². The number of alkyl halides is 1. The van der Waals surface area contributed by atoms with Gasteiger partial charge >= 0.3 is 0 Å². The van der Waals surface area contributed by atoms with E-state index in [4.69, 9.17) is 4.43 Å². The van der Waals surface area contributed by atoms with Crippen LogP contribution in [0.25, 0.3) is 6.08 Å². The fourth-order valence-electron chi connectivity index (χ4n) is 1.78. The van der Waals surface area contributed by atoms with Crippen LogP contribution in [-0.4, -0.2) is 23.8 Å². The highest BCUT2D eigenvalue weighted by Gasteiger charge is 2.39. The Labute approximate surface area is 148 Å². The Bertz CT molecular complexity index is 491. The van der Waals surface area contributed by atoms with E-state index in [-0.39, 0.29) is 11.1 Å². The molecular weight excluding hydrogens is 409 g/mol. The summed E-state index contributed by atoms with van der Waals surface area (Å²) in [5.74, 6) is 0. The second-order valence-electron chi connectivity index (χ2n) is 7.02. The second kappa shape index (κ2) is 7.70. The molecule has 5 heteroatoms. The summed E-state index contributed by atoms with van der Waals surface area (Å²) in [5, 5.41) is 3.48. The van der Waals surface area contributed by atoms with Crippen molar-refractivity contribution in [1.82, 2.24) is 4.98 Å². The number of hydrogen-bond donors (Lipinski definition) is 0. The number of aryl methyl sites for hydroxylation is 1. The molecule has 2 nitrogen and oxygen atoms in total. The van der Waals surface area contributed by atoms with Gasteiger partial charge in [-0.15, -0.1) is 11.3 Å². The van der Waals surface area contributed by atoms with E-state index >= 15 is 0 Å². The van der Waals surface area contributed by atoms with Crippen LogP contribution in [0.4, 0.5) is 0 Å². The van der Waals surface area contributed by atoms with Gasteiger partial charge in [-0.05, 0) is 50.0 Å². The zero-order valence-corrected chi connectivity index (χ0v) is 18.3. The van der Waals surface area contributed by atoms with Gasteiger partial charge in [-0.1, -0.05) is 43.4 Å². The summed E-state index contributed by atoms with van der Waals surface area (Å²) in [5.41, 5.74) is 2.36. The summed E-state index contributed by atoms with van der Waals surface area (Å²) in [6.45, 7) is 15.8. The fourth-order valence-corrected chi connectivity index (χ4v) is 4.29. The largest absolute Gasteiger partial charge is 0.410 e. The molecular formula is C16H28INOSSi. The molecule has 0 saturated heterocycles. The minimum Gasteiger partial charge on any atom is -0.410 e. The lowest BCUT2D eigenvalue weighted by Gasteiger charge is -2.39. The lowest BCUT2D eigenvalue weighted by atomic mass is 10.1.